The zero-order valence-corrected chi connectivity index (χ0v) is 17.0. The van der Waals surface area contributed by atoms with Gasteiger partial charge in [0, 0.05) is 11.3 Å². The first kappa shape index (κ1) is 20.9. The van der Waals surface area contributed by atoms with Crippen LogP contribution in [0.5, 0.6) is 11.5 Å². The molecule has 5 nitrogen and oxygen atoms in total. The summed E-state index contributed by atoms with van der Waals surface area (Å²) in [5.74, 6) is 0.754. The van der Waals surface area contributed by atoms with Crippen LogP contribution in [0.15, 0.2) is 84.9 Å². The van der Waals surface area contributed by atoms with Crippen LogP contribution in [-0.4, -0.2) is 12.0 Å². The lowest BCUT2D eigenvalue weighted by atomic mass is 10.0. The van der Waals surface area contributed by atoms with Crippen LogP contribution in [0.4, 0.5) is 5.69 Å². The molecule has 1 N–H and O–H groups in total. The van der Waals surface area contributed by atoms with Gasteiger partial charge in [0.15, 0.2) is 0 Å². The zero-order chi connectivity index (χ0) is 21.3. The Labute approximate surface area is 176 Å². The fourth-order valence-electron chi connectivity index (χ4n) is 2.94. The van der Waals surface area contributed by atoms with E-state index in [1.54, 1.807) is 24.3 Å². The van der Waals surface area contributed by atoms with Crippen molar-refractivity contribution >= 4 is 11.7 Å². The van der Waals surface area contributed by atoms with Gasteiger partial charge in [-0.2, -0.15) is 5.26 Å². The third-order valence-electron chi connectivity index (χ3n) is 4.51. The number of carbonyl (C=O) groups is 1. The molecule has 3 rings (SSSR count). The summed E-state index contributed by atoms with van der Waals surface area (Å²) >= 11 is 0. The van der Waals surface area contributed by atoms with Gasteiger partial charge < -0.3 is 14.8 Å². The van der Waals surface area contributed by atoms with Crippen LogP contribution < -0.4 is 10.1 Å². The van der Waals surface area contributed by atoms with E-state index in [0.717, 1.165) is 5.69 Å². The van der Waals surface area contributed by atoms with Gasteiger partial charge in [-0.25, -0.2) is 4.79 Å². The standard InChI is InChI=1S/C25H24N2O3/c1-18(2)24(27-20-11-5-3-6-12-20)25(28)30-23(17-26)19-10-9-15-22(16-19)29-21-13-7-4-8-14-21/h3-16,18,23-24,27H,1-2H3. The number of rotatable bonds is 8. The van der Waals surface area contributed by atoms with E-state index < -0.39 is 18.1 Å². The second-order valence-electron chi connectivity index (χ2n) is 7.17. The number of nitriles is 1. The maximum atomic E-state index is 12.8. The molecule has 30 heavy (non-hydrogen) atoms. The molecule has 0 saturated carbocycles. The number of nitrogens with one attached hydrogen (secondary N) is 1. The predicted molar refractivity (Wildman–Crippen MR) is 116 cm³/mol. The summed E-state index contributed by atoms with van der Waals surface area (Å²) in [4.78, 5) is 12.8. The monoisotopic (exact) mass is 400 g/mol. The Morgan fingerprint density at radius 3 is 2.17 bits per heavy atom. The SMILES string of the molecule is CC(C)C(Nc1ccccc1)C(=O)OC(C#N)c1cccc(Oc2ccccc2)c1. The smallest absolute Gasteiger partial charge is 0.330 e. The number of hydrogen-bond donors (Lipinski definition) is 1. The van der Waals surface area contributed by atoms with E-state index >= 15 is 0 Å². The summed E-state index contributed by atoms with van der Waals surface area (Å²) in [6.07, 6.45) is -1.03. The number of hydrogen-bond acceptors (Lipinski definition) is 5. The highest BCUT2D eigenvalue weighted by Gasteiger charge is 2.27. The summed E-state index contributed by atoms with van der Waals surface area (Å²) in [6.45, 7) is 3.86. The molecule has 0 saturated heterocycles. The number of carbonyl (C=O) groups excluding carboxylic acids is 1. The van der Waals surface area contributed by atoms with Crippen LogP contribution in [0.2, 0.25) is 0 Å². The van der Waals surface area contributed by atoms with Crippen molar-refractivity contribution in [1.29, 1.82) is 5.26 Å². The Hall–Kier alpha value is -3.78. The van der Waals surface area contributed by atoms with Crippen molar-refractivity contribution in [3.63, 3.8) is 0 Å². The largest absolute Gasteiger partial charge is 0.457 e. The summed E-state index contributed by atoms with van der Waals surface area (Å²) in [5.41, 5.74) is 1.38. The van der Waals surface area contributed by atoms with E-state index in [0.29, 0.717) is 17.1 Å². The summed E-state index contributed by atoms with van der Waals surface area (Å²) < 4.78 is 11.4. The molecule has 152 valence electrons. The van der Waals surface area contributed by atoms with E-state index in [4.69, 9.17) is 9.47 Å². The lowest BCUT2D eigenvalue weighted by Gasteiger charge is -2.23. The molecule has 2 atom stereocenters. The molecule has 0 fully saturated rings. The molecule has 3 aromatic rings. The second kappa shape index (κ2) is 10.1. The topological polar surface area (TPSA) is 71.3 Å². The van der Waals surface area contributed by atoms with E-state index in [1.807, 2.05) is 74.5 Å². The van der Waals surface area contributed by atoms with Gasteiger partial charge in [-0.05, 0) is 42.3 Å². The van der Waals surface area contributed by atoms with Gasteiger partial charge in [0.25, 0.3) is 0 Å². The Morgan fingerprint density at radius 1 is 0.900 bits per heavy atom. The normalized spacial score (nSPS) is 12.5. The lowest BCUT2D eigenvalue weighted by molar-refractivity contribution is -0.148. The Morgan fingerprint density at radius 2 is 1.53 bits per heavy atom. The number of benzene rings is 3. The number of ether oxygens (including phenoxy) is 2. The first-order chi connectivity index (χ1) is 14.6. The minimum absolute atomic E-state index is 0.0233. The Kier molecular flexibility index (Phi) is 7.07. The van der Waals surface area contributed by atoms with Crippen LogP contribution in [-0.2, 0) is 9.53 Å². The third-order valence-corrected chi connectivity index (χ3v) is 4.51. The Bertz CT molecular complexity index is 998. The van der Waals surface area contributed by atoms with Gasteiger partial charge in [-0.1, -0.05) is 62.4 Å². The highest BCUT2D eigenvalue weighted by Crippen LogP contribution is 2.27. The molecule has 0 aromatic heterocycles. The molecule has 0 amide bonds. The fraction of sp³-hybridized carbons (Fsp3) is 0.200. The first-order valence-corrected chi connectivity index (χ1v) is 9.81. The van der Waals surface area contributed by atoms with Crippen LogP contribution in [0.3, 0.4) is 0 Å². The number of esters is 1. The van der Waals surface area contributed by atoms with Crippen LogP contribution in [0.1, 0.15) is 25.5 Å². The molecule has 0 aliphatic carbocycles. The van der Waals surface area contributed by atoms with E-state index in [2.05, 4.69) is 11.4 Å². The lowest BCUT2D eigenvalue weighted by Crippen LogP contribution is -2.36. The van der Waals surface area contributed by atoms with Crippen molar-refractivity contribution in [1.82, 2.24) is 0 Å². The molecule has 0 aliphatic rings. The van der Waals surface area contributed by atoms with Crippen molar-refractivity contribution in [3.05, 3.63) is 90.5 Å². The quantitative estimate of drug-likeness (QED) is 0.489. The van der Waals surface area contributed by atoms with E-state index in [9.17, 15) is 10.1 Å². The summed E-state index contributed by atoms with van der Waals surface area (Å²) in [6, 6.07) is 27.3. The Balaban J connectivity index is 1.73. The van der Waals surface area contributed by atoms with E-state index in [1.165, 1.54) is 0 Å². The van der Waals surface area contributed by atoms with Gasteiger partial charge in [0.05, 0.1) is 0 Å². The van der Waals surface area contributed by atoms with Gasteiger partial charge >= 0.3 is 5.97 Å². The van der Waals surface area contributed by atoms with Crippen LogP contribution >= 0.6 is 0 Å². The van der Waals surface area contributed by atoms with Crippen molar-refractivity contribution in [2.24, 2.45) is 5.92 Å². The number of nitrogens with zero attached hydrogens (tertiary/aromatic N) is 1. The average Bonchev–Trinajstić information content (AvgIpc) is 2.77. The predicted octanol–water partition coefficient (Wildman–Crippen LogP) is 5.72. The highest BCUT2D eigenvalue weighted by atomic mass is 16.5. The molecule has 0 radical (unpaired) electrons. The van der Waals surface area contributed by atoms with Gasteiger partial charge in [-0.15, -0.1) is 0 Å². The molecule has 5 heteroatoms. The van der Waals surface area contributed by atoms with Crippen LogP contribution in [0.25, 0.3) is 0 Å². The molecule has 0 bridgehead atoms. The molecule has 0 spiro atoms. The highest BCUT2D eigenvalue weighted by molar-refractivity contribution is 5.80. The molecule has 2 unspecified atom stereocenters. The van der Waals surface area contributed by atoms with Gasteiger partial charge in [0.2, 0.25) is 6.10 Å². The van der Waals surface area contributed by atoms with Crippen molar-refractivity contribution in [3.8, 4) is 17.6 Å². The molecule has 3 aromatic carbocycles. The molecular weight excluding hydrogens is 376 g/mol. The fourth-order valence-corrected chi connectivity index (χ4v) is 2.94. The maximum absolute atomic E-state index is 12.8. The van der Waals surface area contributed by atoms with Crippen LogP contribution in [0, 0.1) is 17.2 Å². The van der Waals surface area contributed by atoms with Crippen molar-refractivity contribution in [2.45, 2.75) is 26.0 Å². The van der Waals surface area contributed by atoms with Gasteiger partial charge in [-0.3, -0.25) is 0 Å². The number of para-hydroxylation sites is 2. The number of anilines is 1. The minimum Gasteiger partial charge on any atom is -0.457 e. The minimum atomic E-state index is -1.03. The first-order valence-electron chi connectivity index (χ1n) is 9.81. The second-order valence-corrected chi connectivity index (χ2v) is 7.17. The molecular formula is C25H24N2O3. The zero-order valence-electron chi connectivity index (χ0n) is 17.0. The summed E-state index contributed by atoms with van der Waals surface area (Å²) in [7, 11) is 0. The third kappa shape index (κ3) is 5.62. The molecule has 0 heterocycles. The van der Waals surface area contributed by atoms with Crippen molar-refractivity contribution in [2.75, 3.05) is 5.32 Å². The van der Waals surface area contributed by atoms with Gasteiger partial charge in [0.1, 0.15) is 23.6 Å². The van der Waals surface area contributed by atoms with Crippen molar-refractivity contribution < 1.29 is 14.3 Å². The summed E-state index contributed by atoms with van der Waals surface area (Å²) in [5, 5.41) is 12.8. The van der Waals surface area contributed by atoms with E-state index in [-0.39, 0.29) is 5.92 Å². The molecule has 0 aliphatic heterocycles. The maximum Gasteiger partial charge on any atom is 0.330 e. The average molecular weight is 400 g/mol.